The summed E-state index contributed by atoms with van der Waals surface area (Å²) in [5, 5.41) is 14.9. The molecular weight excluding hydrogens is 343 g/mol. The molecule has 3 aromatic rings. The van der Waals surface area contributed by atoms with Gasteiger partial charge in [0.2, 0.25) is 0 Å². The Bertz CT molecular complexity index is 792. The van der Waals surface area contributed by atoms with Crippen molar-refractivity contribution in [2.24, 2.45) is 0 Å². The summed E-state index contributed by atoms with van der Waals surface area (Å²) in [7, 11) is 0. The molecule has 5 nitrogen and oxygen atoms in total. The van der Waals surface area contributed by atoms with Crippen LogP contribution in [0.1, 0.15) is 0 Å². The van der Waals surface area contributed by atoms with Gasteiger partial charge in [-0.25, -0.2) is 0 Å². The molecule has 1 N–H and O–H groups in total. The van der Waals surface area contributed by atoms with Gasteiger partial charge in [0.15, 0.2) is 0 Å². The summed E-state index contributed by atoms with van der Waals surface area (Å²) < 4.78 is 0. The molecule has 98 valence electrons. The number of nitrogens with one attached hydrogen (secondary N) is 1. The van der Waals surface area contributed by atoms with E-state index in [0.29, 0.717) is 11.5 Å². The van der Waals surface area contributed by atoms with Gasteiger partial charge in [0, 0.05) is 6.07 Å². The van der Waals surface area contributed by atoms with Crippen molar-refractivity contribution >= 4 is 28.1 Å². The quantitative estimate of drug-likeness (QED) is 0.443. The van der Waals surface area contributed by atoms with Crippen LogP contribution in [0.5, 0.6) is 0 Å². The van der Waals surface area contributed by atoms with Crippen molar-refractivity contribution in [2.75, 3.05) is 5.32 Å². The van der Waals surface area contributed by atoms with E-state index in [9.17, 15) is 10.1 Å². The smallest absolute Gasteiger partial charge is 0.335 e. The van der Waals surface area contributed by atoms with Gasteiger partial charge in [0.05, 0.1) is 4.92 Å². The largest absolute Gasteiger partial charge is 3.00 e. The van der Waals surface area contributed by atoms with Gasteiger partial charge in [0.1, 0.15) is 11.5 Å². The fraction of sp³-hybridized carbons (Fsp3) is 0. The minimum atomic E-state index is -0.421. The second-order valence-electron chi connectivity index (χ2n) is 4.20. The van der Waals surface area contributed by atoms with Crippen LogP contribution in [0.25, 0.3) is 10.9 Å². The zero-order chi connectivity index (χ0) is 13.9. The third-order valence-corrected chi connectivity index (χ3v) is 2.88. The molecule has 0 spiro atoms. The number of anilines is 2. The van der Waals surface area contributed by atoms with Gasteiger partial charge in [-0.3, -0.25) is 15.1 Å². The number of nitro groups is 1. The summed E-state index contributed by atoms with van der Waals surface area (Å²) in [6.45, 7) is 0. The Labute approximate surface area is 146 Å². The van der Waals surface area contributed by atoms with Crippen molar-refractivity contribution in [3.8, 4) is 0 Å². The van der Waals surface area contributed by atoms with Crippen LogP contribution in [0.15, 0.2) is 54.6 Å². The summed E-state index contributed by atoms with van der Waals surface area (Å²) in [6.07, 6.45) is 0. The van der Waals surface area contributed by atoms with Crippen molar-refractivity contribution in [2.45, 2.75) is 0 Å². The maximum Gasteiger partial charge on any atom is 3.00 e. The summed E-state index contributed by atoms with van der Waals surface area (Å²) in [5.74, 6) is 0.550. The number of nitro benzene ring substituents is 1. The van der Waals surface area contributed by atoms with Crippen molar-refractivity contribution in [3.05, 3.63) is 70.8 Å². The number of pyridine rings is 1. The second kappa shape index (κ2) is 6.74. The van der Waals surface area contributed by atoms with Crippen LogP contribution in [-0.4, -0.2) is 9.91 Å². The maximum absolute atomic E-state index is 11.0. The summed E-state index contributed by atoms with van der Waals surface area (Å²) >= 11 is 0. The van der Waals surface area contributed by atoms with Crippen molar-refractivity contribution in [1.82, 2.24) is 4.98 Å². The number of fused-ring (bicyclic) bond motifs is 1. The summed E-state index contributed by atoms with van der Waals surface area (Å²) in [5.41, 5.74) is 1.16. The molecule has 0 aliphatic heterocycles. The fourth-order valence-corrected chi connectivity index (χ4v) is 1.94. The molecule has 0 aliphatic carbocycles. The van der Waals surface area contributed by atoms with Crippen LogP contribution in [-0.2, 0) is 32.7 Å². The van der Waals surface area contributed by atoms with E-state index in [4.69, 9.17) is 0 Å². The van der Waals surface area contributed by atoms with Gasteiger partial charge in [-0.2, -0.15) is 24.3 Å². The number of hydrogen-bond acceptors (Lipinski definition) is 4. The van der Waals surface area contributed by atoms with Gasteiger partial charge in [-0.15, -0.1) is 11.5 Å². The molecule has 0 saturated heterocycles. The van der Waals surface area contributed by atoms with Crippen molar-refractivity contribution in [1.29, 1.82) is 0 Å². The first kappa shape index (κ1) is 15.5. The Kier molecular flexibility index (Phi) is 4.99. The molecule has 3 rings (SSSR count). The van der Waals surface area contributed by atoms with E-state index in [1.807, 2.05) is 18.2 Å². The van der Waals surface area contributed by atoms with E-state index < -0.39 is 4.92 Å². The van der Waals surface area contributed by atoms with E-state index >= 15 is 0 Å². The van der Waals surface area contributed by atoms with Gasteiger partial charge < -0.3 is 5.32 Å². The molecule has 2 aromatic carbocycles. The van der Waals surface area contributed by atoms with Crippen LogP contribution in [0.2, 0.25) is 0 Å². The summed E-state index contributed by atoms with van der Waals surface area (Å²) in [6, 6.07) is 18.8. The van der Waals surface area contributed by atoms with Crippen LogP contribution in [0.3, 0.4) is 0 Å². The van der Waals surface area contributed by atoms with Gasteiger partial charge in [-0.1, -0.05) is 12.1 Å². The molecule has 0 amide bonds. The number of aromatic nitrogens is 1. The predicted molar refractivity (Wildman–Crippen MR) is 77.0 cm³/mol. The van der Waals surface area contributed by atoms with Crippen LogP contribution in [0.4, 0.5) is 17.2 Å². The Morgan fingerprint density at radius 3 is 2.71 bits per heavy atom. The average Bonchev–Trinajstić information content (AvgIpc) is 2.47. The normalized spacial score (nSPS) is 9.90. The van der Waals surface area contributed by atoms with Crippen LogP contribution < -0.4 is 5.32 Å². The predicted octanol–water partition coefficient (Wildman–Crippen LogP) is 3.68. The van der Waals surface area contributed by atoms with Crippen molar-refractivity contribution in [3.63, 3.8) is 0 Å². The first-order chi connectivity index (χ1) is 9.74. The zero-order valence-electron chi connectivity index (χ0n) is 11.0. The monoisotopic (exact) mass is 353 g/mol. The molecule has 0 radical (unpaired) electrons. The van der Waals surface area contributed by atoms with Gasteiger partial charge in [-0.05, 0) is 17.6 Å². The molecule has 21 heavy (non-hydrogen) atoms. The van der Waals surface area contributed by atoms with Gasteiger partial charge >= 0.3 is 32.7 Å². The van der Waals surface area contributed by atoms with E-state index in [1.54, 1.807) is 30.3 Å². The molecule has 0 atom stereocenters. The molecule has 6 heteroatoms. The number of hydrogen-bond donors (Lipinski definition) is 1. The van der Waals surface area contributed by atoms with E-state index in [2.05, 4.69) is 16.4 Å². The number of rotatable bonds is 3. The second-order valence-corrected chi connectivity index (χ2v) is 4.20. The van der Waals surface area contributed by atoms with Crippen LogP contribution >= 0.6 is 0 Å². The maximum atomic E-state index is 11.0. The molecule has 0 unspecified atom stereocenters. The topological polar surface area (TPSA) is 68.1 Å². The van der Waals surface area contributed by atoms with E-state index in [-0.39, 0.29) is 38.4 Å². The molecule has 0 saturated carbocycles. The molecule has 0 bridgehead atoms. The first-order valence-electron chi connectivity index (χ1n) is 6.02. The Morgan fingerprint density at radius 2 is 1.90 bits per heavy atom. The SMILES string of the molecule is O=[N+]([O-])c1ccccc1Nc1ccc2ccc[c-]c2n1.[Y+3]. The Hall–Kier alpha value is -1.85. The zero-order valence-corrected chi connectivity index (χ0v) is 13.8. The molecular formula is C15H10N3O2Y+2. The molecule has 1 aromatic heterocycles. The number of para-hydroxylation sites is 3. The third kappa shape index (κ3) is 3.43. The number of benzene rings is 2. The Balaban J connectivity index is 0.00000161. The van der Waals surface area contributed by atoms with Crippen LogP contribution in [0, 0.1) is 16.2 Å². The summed E-state index contributed by atoms with van der Waals surface area (Å²) in [4.78, 5) is 14.9. The minimum absolute atomic E-state index is 0. The molecule has 1 heterocycles. The van der Waals surface area contributed by atoms with E-state index in [0.717, 1.165) is 10.9 Å². The minimum Gasteiger partial charge on any atom is -0.335 e. The first-order valence-corrected chi connectivity index (χ1v) is 6.02. The van der Waals surface area contributed by atoms with E-state index in [1.165, 1.54) is 6.07 Å². The Morgan fingerprint density at radius 1 is 1.10 bits per heavy atom. The number of nitrogens with zero attached hydrogens (tertiary/aromatic N) is 2. The average molecular weight is 353 g/mol. The third-order valence-electron chi connectivity index (χ3n) is 2.88. The van der Waals surface area contributed by atoms with Crippen molar-refractivity contribution < 1.29 is 37.6 Å². The fourth-order valence-electron chi connectivity index (χ4n) is 1.94. The standard InChI is InChI=1S/C15H10N3O2.Y/c19-18(20)14-8-4-3-7-13(14)17-15-10-9-11-5-1-2-6-12(11)16-15;/h1-5,7-10H,(H,16,17);/q-1;+3. The molecule has 0 fully saturated rings. The van der Waals surface area contributed by atoms with Gasteiger partial charge in [0.25, 0.3) is 5.69 Å². The molecule has 0 aliphatic rings.